The van der Waals surface area contributed by atoms with E-state index in [9.17, 15) is 0 Å². The van der Waals surface area contributed by atoms with Crippen LogP contribution < -0.4 is 10.6 Å². The number of hydrogen-bond acceptors (Lipinski definition) is 6. The van der Waals surface area contributed by atoms with Crippen LogP contribution in [-0.2, 0) is 18.3 Å². The van der Waals surface area contributed by atoms with Crippen molar-refractivity contribution in [3.05, 3.63) is 35.8 Å². The lowest BCUT2D eigenvalue weighted by atomic mass is 10.2. The number of furan rings is 1. The molecule has 30 heavy (non-hydrogen) atoms. The molecule has 9 heteroatoms. The van der Waals surface area contributed by atoms with Crippen molar-refractivity contribution in [3.8, 4) is 0 Å². The summed E-state index contributed by atoms with van der Waals surface area (Å²) >= 11 is 0. The van der Waals surface area contributed by atoms with Gasteiger partial charge in [-0.1, -0.05) is 0 Å². The molecule has 9 nitrogen and oxygen atoms in total. The first-order valence-electron chi connectivity index (χ1n) is 10.9. The predicted octanol–water partition coefficient (Wildman–Crippen LogP) is 2.02. The van der Waals surface area contributed by atoms with Gasteiger partial charge in [-0.05, 0) is 58.3 Å². The third kappa shape index (κ3) is 6.30. The average molecular weight is 418 g/mol. The smallest absolute Gasteiger partial charge is 0.191 e. The molecule has 0 amide bonds. The number of likely N-dealkylation sites (tertiary alicyclic amines) is 1. The fraction of sp³-hybridized carbons (Fsp3) is 0.667. The van der Waals surface area contributed by atoms with E-state index in [1.165, 1.54) is 12.8 Å². The van der Waals surface area contributed by atoms with Crippen LogP contribution in [0.1, 0.15) is 49.6 Å². The second-order valence-electron chi connectivity index (χ2n) is 7.52. The topological polar surface area (TPSA) is 92.7 Å². The Hall–Kier alpha value is -2.39. The van der Waals surface area contributed by atoms with Gasteiger partial charge in [-0.15, -0.1) is 10.2 Å². The molecule has 2 N–H and O–H groups in total. The molecular weight excluding hydrogens is 382 g/mol. The van der Waals surface area contributed by atoms with Gasteiger partial charge in [-0.2, -0.15) is 0 Å². The highest BCUT2D eigenvalue weighted by Gasteiger charge is 2.25. The van der Waals surface area contributed by atoms with Gasteiger partial charge in [-0.25, -0.2) is 4.99 Å². The van der Waals surface area contributed by atoms with Gasteiger partial charge in [0.25, 0.3) is 0 Å². The highest BCUT2D eigenvalue weighted by atomic mass is 16.5. The first kappa shape index (κ1) is 22.3. The van der Waals surface area contributed by atoms with E-state index < -0.39 is 0 Å². The zero-order valence-corrected chi connectivity index (χ0v) is 18.4. The molecular formula is C21H35N7O2. The molecule has 1 saturated heterocycles. The number of nitrogens with one attached hydrogen (secondary N) is 2. The molecule has 0 spiro atoms. The van der Waals surface area contributed by atoms with E-state index in [0.29, 0.717) is 6.54 Å². The van der Waals surface area contributed by atoms with Crippen molar-refractivity contribution in [2.75, 3.05) is 39.4 Å². The van der Waals surface area contributed by atoms with Crippen LogP contribution in [0.2, 0.25) is 0 Å². The molecule has 0 aromatic carbocycles. The number of aryl methyl sites for hydroxylation is 1. The van der Waals surface area contributed by atoms with Gasteiger partial charge in [0.2, 0.25) is 0 Å². The van der Waals surface area contributed by atoms with E-state index in [0.717, 1.165) is 69.2 Å². The fourth-order valence-electron chi connectivity index (χ4n) is 3.58. The molecule has 3 rings (SSSR count). The molecule has 1 unspecified atom stereocenters. The van der Waals surface area contributed by atoms with E-state index in [1.807, 2.05) is 31.5 Å². The van der Waals surface area contributed by atoms with Crippen molar-refractivity contribution in [2.24, 2.45) is 12.0 Å². The minimum absolute atomic E-state index is 0.190. The van der Waals surface area contributed by atoms with Crippen LogP contribution in [0.25, 0.3) is 0 Å². The minimum atomic E-state index is 0.190. The number of nitrogens with zero attached hydrogens (tertiary/aromatic N) is 5. The maximum atomic E-state index is 5.73. The molecule has 166 valence electrons. The molecule has 1 aliphatic rings. The maximum absolute atomic E-state index is 5.73. The van der Waals surface area contributed by atoms with Crippen molar-refractivity contribution in [2.45, 2.75) is 45.7 Å². The van der Waals surface area contributed by atoms with Crippen molar-refractivity contribution >= 4 is 5.96 Å². The normalized spacial score (nSPS) is 16.2. The summed E-state index contributed by atoms with van der Waals surface area (Å²) in [4.78, 5) is 7.22. The Bertz CT molecular complexity index is 766. The van der Waals surface area contributed by atoms with E-state index in [4.69, 9.17) is 14.1 Å². The Morgan fingerprint density at radius 3 is 2.80 bits per heavy atom. The first-order valence-corrected chi connectivity index (χ1v) is 10.9. The van der Waals surface area contributed by atoms with Crippen LogP contribution in [0.5, 0.6) is 0 Å². The summed E-state index contributed by atoms with van der Waals surface area (Å²) < 4.78 is 13.1. The largest absolute Gasteiger partial charge is 0.468 e. The summed E-state index contributed by atoms with van der Waals surface area (Å²) in [5.41, 5.74) is 0. The number of hydrogen-bond donors (Lipinski definition) is 2. The van der Waals surface area contributed by atoms with Crippen LogP contribution in [0.3, 0.4) is 0 Å². The SMILES string of the molecule is CCOCCCNC(=NCc1nnc(C)n1C)NCC(c1ccco1)N1CCCC1. The summed E-state index contributed by atoms with van der Waals surface area (Å²) in [6, 6.07) is 4.20. The molecule has 3 heterocycles. The fourth-order valence-corrected chi connectivity index (χ4v) is 3.58. The minimum Gasteiger partial charge on any atom is -0.468 e. The molecule has 0 saturated carbocycles. The number of aromatic nitrogens is 3. The number of aliphatic imine (C=N–C) groups is 1. The first-order chi connectivity index (χ1) is 14.7. The molecule has 0 radical (unpaired) electrons. The average Bonchev–Trinajstić information content (AvgIpc) is 3.51. The Balaban J connectivity index is 1.63. The molecule has 2 aromatic rings. The van der Waals surface area contributed by atoms with Gasteiger partial charge in [0, 0.05) is 33.4 Å². The van der Waals surface area contributed by atoms with E-state index in [2.05, 4.69) is 31.8 Å². The predicted molar refractivity (Wildman–Crippen MR) is 116 cm³/mol. The van der Waals surface area contributed by atoms with Crippen LogP contribution in [-0.4, -0.2) is 65.0 Å². The number of ether oxygens (including phenoxy) is 1. The van der Waals surface area contributed by atoms with Gasteiger partial charge in [0.15, 0.2) is 11.8 Å². The summed E-state index contributed by atoms with van der Waals surface area (Å²) in [7, 11) is 1.96. The van der Waals surface area contributed by atoms with Crippen LogP contribution >= 0.6 is 0 Å². The molecule has 0 bridgehead atoms. The second kappa shape index (κ2) is 11.7. The molecule has 2 aromatic heterocycles. The Labute approximate surface area is 178 Å². The summed E-state index contributed by atoms with van der Waals surface area (Å²) in [5, 5.41) is 15.3. The van der Waals surface area contributed by atoms with Gasteiger partial charge >= 0.3 is 0 Å². The monoisotopic (exact) mass is 417 g/mol. The van der Waals surface area contributed by atoms with E-state index in [1.54, 1.807) is 6.26 Å². The highest BCUT2D eigenvalue weighted by molar-refractivity contribution is 5.79. The third-order valence-electron chi connectivity index (χ3n) is 5.44. The van der Waals surface area contributed by atoms with Crippen molar-refractivity contribution in [1.82, 2.24) is 30.3 Å². The van der Waals surface area contributed by atoms with Crippen LogP contribution in [0.15, 0.2) is 27.8 Å². The molecule has 1 fully saturated rings. The summed E-state index contributed by atoms with van der Waals surface area (Å²) in [5.74, 6) is 3.48. The van der Waals surface area contributed by atoms with Gasteiger partial charge in [0.05, 0.1) is 12.3 Å². The number of rotatable bonds is 11. The Morgan fingerprint density at radius 2 is 2.13 bits per heavy atom. The highest BCUT2D eigenvalue weighted by Crippen LogP contribution is 2.24. The number of guanidine groups is 1. The van der Waals surface area contributed by atoms with Gasteiger partial charge in [0.1, 0.15) is 18.1 Å². The zero-order chi connectivity index (χ0) is 21.2. The molecule has 0 aliphatic carbocycles. The van der Waals surface area contributed by atoms with Crippen molar-refractivity contribution in [1.29, 1.82) is 0 Å². The Kier molecular flexibility index (Phi) is 8.70. The van der Waals surface area contributed by atoms with Crippen LogP contribution in [0.4, 0.5) is 0 Å². The van der Waals surface area contributed by atoms with Gasteiger partial charge < -0.3 is 24.4 Å². The summed E-state index contributed by atoms with van der Waals surface area (Å²) in [6.07, 6.45) is 5.14. The lowest BCUT2D eigenvalue weighted by Gasteiger charge is -2.26. The second-order valence-corrected chi connectivity index (χ2v) is 7.52. The standard InChI is InChI=1S/C21H35N7O2/c1-4-29-13-8-10-22-21(24-16-20-26-25-17(2)27(20)3)23-15-18(19-9-7-14-30-19)28-11-5-6-12-28/h7,9,14,18H,4-6,8,10-13,15-16H2,1-3H3,(H2,22,23,24). The molecule has 1 aliphatic heterocycles. The van der Waals surface area contributed by atoms with Crippen LogP contribution in [0, 0.1) is 6.92 Å². The van der Waals surface area contributed by atoms with Crippen molar-refractivity contribution in [3.63, 3.8) is 0 Å². The maximum Gasteiger partial charge on any atom is 0.191 e. The van der Waals surface area contributed by atoms with Gasteiger partial charge in [-0.3, -0.25) is 4.90 Å². The summed E-state index contributed by atoms with van der Waals surface area (Å²) in [6.45, 7) is 9.61. The van der Waals surface area contributed by atoms with E-state index >= 15 is 0 Å². The molecule has 1 atom stereocenters. The Morgan fingerprint density at radius 1 is 1.30 bits per heavy atom. The van der Waals surface area contributed by atoms with Crippen molar-refractivity contribution < 1.29 is 9.15 Å². The lowest BCUT2D eigenvalue weighted by molar-refractivity contribution is 0.145. The zero-order valence-electron chi connectivity index (χ0n) is 18.4. The van der Waals surface area contributed by atoms with E-state index in [-0.39, 0.29) is 6.04 Å². The third-order valence-corrected chi connectivity index (χ3v) is 5.44. The quantitative estimate of drug-likeness (QED) is 0.328. The lowest BCUT2D eigenvalue weighted by Crippen LogP contribution is -2.43.